The maximum atomic E-state index is 13.4. The lowest BCUT2D eigenvalue weighted by molar-refractivity contribution is -0.115. The average Bonchev–Trinajstić information content (AvgIpc) is 3.21. The average molecular weight is 534 g/mol. The molecule has 2 heterocycles. The Bertz CT molecular complexity index is 1550. The van der Waals surface area contributed by atoms with Gasteiger partial charge in [0, 0.05) is 48.3 Å². The summed E-state index contributed by atoms with van der Waals surface area (Å²) in [6.45, 7) is 5.43. The summed E-state index contributed by atoms with van der Waals surface area (Å²) >= 11 is 0. The molecule has 3 aromatic carbocycles. The lowest BCUT2D eigenvalue weighted by Crippen LogP contribution is -2.38. The van der Waals surface area contributed by atoms with E-state index in [-0.39, 0.29) is 22.5 Å². The van der Waals surface area contributed by atoms with E-state index in [1.807, 2.05) is 24.3 Å². The SMILES string of the molecule is CCC(=O)Nc1ccc(S(=O)(=O)N2CCC(c3c(C)n(Cc4ccc(F)cc4)c4ccccc34)CC2)cc1. The molecule has 0 bridgehead atoms. The predicted octanol–water partition coefficient (Wildman–Crippen LogP) is 6.05. The Morgan fingerprint density at radius 1 is 0.974 bits per heavy atom. The number of hydrogen-bond donors (Lipinski definition) is 1. The van der Waals surface area contributed by atoms with Crippen molar-refractivity contribution in [3.05, 3.63) is 95.4 Å². The predicted molar refractivity (Wildman–Crippen MR) is 148 cm³/mol. The summed E-state index contributed by atoms with van der Waals surface area (Å²) in [5, 5.41) is 3.94. The molecule has 0 atom stereocenters. The molecule has 1 aromatic heterocycles. The molecule has 0 aliphatic carbocycles. The molecule has 0 unspecified atom stereocenters. The summed E-state index contributed by atoms with van der Waals surface area (Å²) in [7, 11) is -3.63. The van der Waals surface area contributed by atoms with Crippen LogP contribution in [0.5, 0.6) is 0 Å². The van der Waals surface area contributed by atoms with E-state index in [1.54, 1.807) is 35.5 Å². The van der Waals surface area contributed by atoms with Crippen molar-refractivity contribution in [1.29, 1.82) is 0 Å². The van der Waals surface area contributed by atoms with Crippen LogP contribution < -0.4 is 5.32 Å². The topological polar surface area (TPSA) is 71.4 Å². The Balaban J connectivity index is 1.35. The van der Waals surface area contributed by atoms with Gasteiger partial charge in [-0.25, -0.2) is 12.8 Å². The van der Waals surface area contributed by atoms with Crippen LogP contribution in [0.15, 0.2) is 77.7 Å². The van der Waals surface area contributed by atoms with Crippen molar-refractivity contribution >= 4 is 32.5 Å². The highest BCUT2D eigenvalue weighted by Gasteiger charge is 2.32. The second-order valence-corrected chi connectivity index (χ2v) is 11.8. The van der Waals surface area contributed by atoms with Crippen molar-refractivity contribution in [1.82, 2.24) is 8.87 Å². The third-order valence-electron chi connectivity index (χ3n) is 7.49. The molecule has 1 fully saturated rings. The number of amides is 1. The molecule has 6 nitrogen and oxygen atoms in total. The van der Waals surface area contributed by atoms with Gasteiger partial charge in [0.25, 0.3) is 0 Å². The Morgan fingerprint density at radius 2 is 1.63 bits per heavy atom. The molecule has 1 N–H and O–H groups in total. The molecule has 8 heteroatoms. The van der Waals surface area contributed by atoms with Crippen molar-refractivity contribution in [2.24, 2.45) is 0 Å². The molecule has 0 spiro atoms. The van der Waals surface area contributed by atoms with Crippen LogP contribution in [0.4, 0.5) is 10.1 Å². The first-order valence-corrected chi connectivity index (χ1v) is 14.4. The van der Waals surface area contributed by atoms with Gasteiger partial charge in [0.05, 0.1) is 4.90 Å². The monoisotopic (exact) mass is 533 g/mol. The fraction of sp³-hybridized carbons (Fsp3) is 0.300. The fourth-order valence-electron chi connectivity index (χ4n) is 5.44. The minimum Gasteiger partial charge on any atom is -0.340 e. The highest BCUT2D eigenvalue weighted by atomic mass is 32.2. The highest BCUT2D eigenvalue weighted by molar-refractivity contribution is 7.89. The summed E-state index contributed by atoms with van der Waals surface area (Å²) < 4.78 is 44.0. The molecule has 5 rings (SSSR count). The number of rotatable bonds is 7. The van der Waals surface area contributed by atoms with Crippen LogP contribution in [0, 0.1) is 12.7 Å². The van der Waals surface area contributed by atoms with E-state index in [1.165, 1.54) is 28.8 Å². The van der Waals surface area contributed by atoms with Crippen molar-refractivity contribution in [3.63, 3.8) is 0 Å². The number of nitrogens with one attached hydrogen (secondary N) is 1. The van der Waals surface area contributed by atoms with Crippen LogP contribution in [0.1, 0.15) is 48.9 Å². The first-order valence-electron chi connectivity index (χ1n) is 13.0. The minimum atomic E-state index is -3.63. The number of sulfonamides is 1. The van der Waals surface area contributed by atoms with Crippen LogP contribution in [0.2, 0.25) is 0 Å². The Morgan fingerprint density at radius 3 is 2.29 bits per heavy atom. The van der Waals surface area contributed by atoms with Gasteiger partial charge in [0.2, 0.25) is 15.9 Å². The molecule has 198 valence electrons. The number of aromatic nitrogens is 1. The van der Waals surface area contributed by atoms with Gasteiger partial charge in [-0.1, -0.05) is 37.3 Å². The third kappa shape index (κ3) is 5.11. The fourth-order valence-corrected chi connectivity index (χ4v) is 6.91. The Kier molecular flexibility index (Phi) is 7.36. The first kappa shape index (κ1) is 26.1. The zero-order valence-corrected chi connectivity index (χ0v) is 22.5. The van der Waals surface area contributed by atoms with Crippen LogP contribution >= 0.6 is 0 Å². The normalized spacial score (nSPS) is 15.1. The molecule has 0 radical (unpaired) electrons. The van der Waals surface area contributed by atoms with E-state index in [9.17, 15) is 17.6 Å². The van der Waals surface area contributed by atoms with Gasteiger partial charge in [-0.15, -0.1) is 0 Å². The molecule has 1 aliphatic rings. The standard InChI is InChI=1S/C30H32FN3O3S/c1-3-29(35)32-25-12-14-26(15-13-25)38(36,37)33-18-16-23(17-19-33)30-21(2)34(28-7-5-4-6-27(28)30)20-22-8-10-24(31)11-9-22/h4-15,23H,3,16-20H2,1-2H3,(H,32,35). The highest BCUT2D eigenvalue weighted by Crippen LogP contribution is 2.38. The third-order valence-corrected chi connectivity index (χ3v) is 9.41. The summed E-state index contributed by atoms with van der Waals surface area (Å²) in [6.07, 6.45) is 1.82. The molecule has 1 saturated heterocycles. The second kappa shape index (κ2) is 10.7. The van der Waals surface area contributed by atoms with E-state index in [0.717, 1.165) is 23.9 Å². The number of fused-ring (bicyclic) bond motifs is 1. The summed E-state index contributed by atoms with van der Waals surface area (Å²) in [6, 6.07) is 21.3. The van der Waals surface area contributed by atoms with Crippen molar-refractivity contribution < 1.29 is 17.6 Å². The van der Waals surface area contributed by atoms with Gasteiger partial charge in [-0.05, 0) is 79.3 Å². The van der Waals surface area contributed by atoms with E-state index in [4.69, 9.17) is 0 Å². The number of anilines is 1. The van der Waals surface area contributed by atoms with Crippen molar-refractivity contribution in [3.8, 4) is 0 Å². The van der Waals surface area contributed by atoms with Gasteiger partial charge < -0.3 is 9.88 Å². The van der Waals surface area contributed by atoms with Crippen LogP contribution in [-0.4, -0.2) is 36.3 Å². The van der Waals surface area contributed by atoms with E-state index < -0.39 is 10.0 Å². The first-order chi connectivity index (χ1) is 18.3. The number of nitrogens with zero attached hydrogens (tertiary/aromatic N) is 2. The van der Waals surface area contributed by atoms with Crippen LogP contribution in [0.3, 0.4) is 0 Å². The number of piperidine rings is 1. The number of halogens is 1. The number of benzene rings is 3. The summed E-state index contributed by atoms with van der Waals surface area (Å²) in [5.41, 5.74) is 5.19. The summed E-state index contributed by atoms with van der Waals surface area (Å²) in [4.78, 5) is 11.9. The van der Waals surface area contributed by atoms with Crippen LogP contribution in [-0.2, 0) is 21.4 Å². The molecule has 1 aliphatic heterocycles. The van der Waals surface area contributed by atoms with Gasteiger partial charge in [0.15, 0.2) is 0 Å². The molecule has 4 aromatic rings. The lowest BCUT2D eigenvalue weighted by Gasteiger charge is -2.31. The molecule has 0 saturated carbocycles. The van der Waals surface area contributed by atoms with Crippen molar-refractivity contribution in [2.75, 3.05) is 18.4 Å². The smallest absolute Gasteiger partial charge is 0.243 e. The molecular weight excluding hydrogens is 501 g/mol. The van der Waals surface area contributed by atoms with Gasteiger partial charge >= 0.3 is 0 Å². The quantitative estimate of drug-likeness (QED) is 0.314. The Hall–Kier alpha value is -3.49. The molecule has 1 amide bonds. The van der Waals surface area contributed by atoms with Crippen molar-refractivity contribution in [2.45, 2.75) is 50.5 Å². The van der Waals surface area contributed by atoms with Gasteiger partial charge in [0.1, 0.15) is 5.82 Å². The maximum Gasteiger partial charge on any atom is 0.243 e. The van der Waals surface area contributed by atoms with Gasteiger partial charge in [-0.2, -0.15) is 4.31 Å². The van der Waals surface area contributed by atoms with E-state index in [2.05, 4.69) is 28.9 Å². The zero-order valence-electron chi connectivity index (χ0n) is 21.7. The lowest BCUT2D eigenvalue weighted by atomic mass is 9.88. The second-order valence-electron chi connectivity index (χ2n) is 9.83. The number of hydrogen-bond acceptors (Lipinski definition) is 3. The number of para-hydroxylation sites is 1. The van der Waals surface area contributed by atoms with Crippen LogP contribution in [0.25, 0.3) is 10.9 Å². The van der Waals surface area contributed by atoms with E-state index >= 15 is 0 Å². The zero-order chi connectivity index (χ0) is 26.9. The molecular formula is C30H32FN3O3S. The minimum absolute atomic E-state index is 0.114. The van der Waals surface area contributed by atoms with Gasteiger partial charge in [-0.3, -0.25) is 4.79 Å². The number of carbonyl (C=O) groups is 1. The maximum absolute atomic E-state index is 13.4. The molecule has 38 heavy (non-hydrogen) atoms. The Labute approximate surface area is 223 Å². The number of carbonyl (C=O) groups excluding carboxylic acids is 1. The summed E-state index contributed by atoms with van der Waals surface area (Å²) in [5.74, 6) is -0.117. The largest absolute Gasteiger partial charge is 0.340 e. The van der Waals surface area contributed by atoms with E-state index in [0.29, 0.717) is 31.7 Å².